The first kappa shape index (κ1) is 32.0. The molecule has 40 heavy (non-hydrogen) atoms. The van der Waals surface area contributed by atoms with Crippen molar-refractivity contribution in [3.8, 4) is 10.4 Å². The molecule has 0 bridgehead atoms. The van der Waals surface area contributed by atoms with Crippen LogP contribution in [0.15, 0.2) is 17.3 Å². The normalized spacial score (nSPS) is 15.2. The van der Waals surface area contributed by atoms with Gasteiger partial charge in [0, 0.05) is 30.8 Å². The monoisotopic (exact) mass is 634 g/mol. The summed E-state index contributed by atoms with van der Waals surface area (Å²) in [4.78, 5) is 42.6. The van der Waals surface area contributed by atoms with Crippen LogP contribution in [0.2, 0.25) is 10.0 Å². The van der Waals surface area contributed by atoms with Crippen LogP contribution in [0, 0.1) is 4.91 Å². The van der Waals surface area contributed by atoms with Crippen LogP contribution in [0.5, 0.6) is 0 Å². The van der Waals surface area contributed by atoms with Crippen LogP contribution in [0.4, 0.5) is 26.3 Å². The standard InChI is InChI=1S/C23H22Cl2F6N4O4S/c1-20(2,38)10-32-17(36)18-33-15(19(37)35-8-4-3-5-9-35)16(40-18)11-6-7-12(14(25)13(11)24)21(34-39,22(26,27)28)23(29,30)31/h6-7,38H,3-5,8-10H2,1-2H3,(H,32,36). The number of nitrogens with one attached hydrogen (secondary N) is 1. The largest absolute Gasteiger partial charge is 0.430 e. The van der Waals surface area contributed by atoms with E-state index < -0.39 is 50.9 Å². The van der Waals surface area contributed by atoms with Crippen molar-refractivity contribution in [2.24, 2.45) is 5.18 Å². The highest BCUT2D eigenvalue weighted by Gasteiger charge is 2.75. The number of thiazole rings is 1. The maximum atomic E-state index is 13.7. The van der Waals surface area contributed by atoms with Crippen molar-refractivity contribution in [3.05, 3.63) is 43.4 Å². The molecule has 3 rings (SSSR count). The van der Waals surface area contributed by atoms with Gasteiger partial charge in [-0.25, -0.2) is 4.98 Å². The maximum absolute atomic E-state index is 13.7. The SMILES string of the molecule is CC(C)(O)CNC(=O)c1nc(C(=O)N2CCCCC2)c(-c2ccc(C(N=O)(C(F)(F)F)C(F)(F)F)c(Cl)c2Cl)s1. The number of nitroso groups, excluding NO2 is 1. The highest BCUT2D eigenvalue weighted by atomic mass is 35.5. The van der Waals surface area contributed by atoms with Gasteiger partial charge in [0.25, 0.3) is 11.8 Å². The number of nitrogens with zero attached hydrogens (tertiary/aromatic N) is 3. The smallest absolute Gasteiger partial charge is 0.389 e. The number of piperidine rings is 1. The Balaban J connectivity index is 2.20. The summed E-state index contributed by atoms with van der Waals surface area (Å²) in [6.45, 7) is 3.35. The van der Waals surface area contributed by atoms with Gasteiger partial charge in [-0.2, -0.15) is 26.3 Å². The summed E-state index contributed by atoms with van der Waals surface area (Å²) in [5.74, 6) is -1.44. The molecule has 0 saturated carbocycles. The minimum absolute atomic E-state index is 0.147. The van der Waals surface area contributed by atoms with E-state index in [1.165, 1.54) is 23.9 Å². The number of alkyl halides is 6. The lowest BCUT2D eigenvalue weighted by atomic mass is 9.88. The number of halogens is 8. The molecular formula is C23H22Cl2F6N4O4S. The average molecular weight is 635 g/mol. The molecule has 1 fully saturated rings. The number of carbonyl (C=O) groups excluding carboxylic acids is 2. The van der Waals surface area contributed by atoms with Gasteiger partial charge in [0.1, 0.15) is 5.69 Å². The number of aromatic nitrogens is 1. The number of benzene rings is 1. The molecule has 17 heteroatoms. The third-order valence-electron chi connectivity index (χ3n) is 6.02. The number of hydrogen-bond donors (Lipinski definition) is 2. The molecule has 0 atom stereocenters. The summed E-state index contributed by atoms with van der Waals surface area (Å²) in [6, 6.07) is 1.02. The van der Waals surface area contributed by atoms with E-state index >= 15 is 0 Å². The Kier molecular flexibility index (Phi) is 9.14. The van der Waals surface area contributed by atoms with E-state index in [1.54, 1.807) is 0 Å². The minimum Gasteiger partial charge on any atom is -0.389 e. The fraction of sp³-hybridized carbons (Fsp3) is 0.522. The van der Waals surface area contributed by atoms with Crippen LogP contribution in [0.3, 0.4) is 0 Å². The molecule has 0 radical (unpaired) electrons. The fourth-order valence-corrected chi connectivity index (χ4v) is 5.61. The molecule has 0 unspecified atom stereocenters. The second-order valence-electron chi connectivity index (χ2n) is 9.63. The van der Waals surface area contributed by atoms with Crippen molar-refractivity contribution in [3.63, 3.8) is 0 Å². The molecule has 2 N–H and O–H groups in total. The van der Waals surface area contributed by atoms with E-state index in [1.807, 2.05) is 0 Å². The van der Waals surface area contributed by atoms with E-state index in [-0.39, 0.29) is 27.7 Å². The highest BCUT2D eigenvalue weighted by molar-refractivity contribution is 7.17. The minimum atomic E-state index is -6.23. The summed E-state index contributed by atoms with van der Waals surface area (Å²) in [5.41, 5.74) is -8.89. The van der Waals surface area contributed by atoms with Crippen LogP contribution >= 0.6 is 34.5 Å². The summed E-state index contributed by atoms with van der Waals surface area (Å²) in [6.07, 6.45) is -10.2. The van der Waals surface area contributed by atoms with Gasteiger partial charge >= 0.3 is 17.9 Å². The molecule has 1 saturated heterocycles. The van der Waals surface area contributed by atoms with Crippen molar-refractivity contribution < 1.29 is 41.0 Å². The third kappa shape index (κ3) is 6.06. The van der Waals surface area contributed by atoms with Gasteiger partial charge in [0.05, 0.1) is 20.5 Å². The van der Waals surface area contributed by atoms with Gasteiger partial charge in [0.15, 0.2) is 5.01 Å². The van der Waals surface area contributed by atoms with Crippen molar-refractivity contribution in [2.45, 2.75) is 56.6 Å². The molecule has 8 nitrogen and oxygen atoms in total. The van der Waals surface area contributed by atoms with Gasteiger partial charge in [-0.15, -0.1) is 16.2 Å². The van der Waals surface area contributed by atoms with Crippen molar-refractivity contribution in [1.29, 1.82) is 0 Å². The van der Waals surface area contributed by atoms with Crippen LogP contribution in [-0.2, 0) is 5.54 Å². The Morgan fingerprint density at radius 3 is 2.12 bits per heavy atom. The Bertz CT molecular complexity index is 1290. The number of rotatable bonds is 7. The summed E-state index contributed by atoms with van der Waals surface area (Å²) < 4.78 is 82.1. The van der Waals surface area contributed by atoms with Gasteiger partial charge in [0.2, 0.25) is 0 Å². The zero-order chi connectivity index (χ0) is 30.3. The topological polar surface area (TPSA) is 112 Å². The third-order valence-corrected chi connectivity index (χ3v) is 7.99. The molecular weight excluding hydrogens is 613 g/mol. The zero-order valence-electron chi connectivity index (χ0n) is 20.8. The summed E-state index contributed by atoms with van der Waals surface area (Å²) >= 11 is 12.7. The lowest BCUT2D eigenvalue weighted by molar-refractivity contribution is -0.301. The summed E-state index contributed by atoms with van der Waals surface area (Å²) in [5, 5.41) is 11.3. The number of hydrogen-bond acceptors (Lipinski definition) is 7. The summed E-state index contributed by atoms with van der Waals surface area (Å²) in [7, 11) is 0. The second kappa shape index (κ2) is 11.4. The van der Waals surface area contributed by atoms with Gasteiger partial charge < -0.3 is 15.3 Å². The highest BCUT2D eigenvalue weighted by Crippen LogP contribution is 2.56. The molecule has 1 aromatic carbocycles. The quantitative estimate of drug-likeness (QED) is 0.273. The first-order valence-electron chi connectivity index (χ1n) is 11.6. The van der Waals surface area contributed by atoms with Gasteiger partial charge in [-0.3, -0.25) is 9.59 Å². The molecule has 2 aromatic rings. The average Bonchev–Trinajstić information content (AvgIpc) is 3.29. The second-order valence-corrected chi connectivity index (χ2v) is 11.4. The van der Waals surface area contributed by atoms with Gasteiger partial charge in [-0.05, 0) is 38.3 Å². The molecule has 1 aliphatic heterocycles. The molecule has 2 amide bonds. The van der Waals surface area contributed by atoms with E-state index in [9.17, 15) is 45.9 Å². The lowest BCUT2D eigenvalue weighted by Gasteiger charge is -2.32. The predicted octanol–water partition coefficient (Wildman–Crippen LogP) is 6.33. The number of amides is 2. The Morgan fingerprint density at radius 1 is 1.05 bits per heavy atom. The molecule has 0 aliphatic carbocycles. The lowest BCUT2D eigenvalue weighted by Crippen LogP contribution is -2.52. The van der Waals surface area contributed by atoms with Crippen molar-refractivity contribution >= 4 is 46.4 Å². The molecule has 1 aromatic heterocycles. The Morgan fingerprint density at radius 2 is 1.62 bits per heavy atom. The van der Waals surface area contributed by atoms with Gasteiger partial charge in [-0.1, -0.05) is 35.3 Å². The van der Waals surface area contributed by atoms with E-state index in [0.29, 0.717) is 43.3 Å². The van der Waals surface area contributed by atoms with Crippen LogP contribution < -0.4 is 5.32 Å². The number of likely N-dealkylation sites (tertiary alicyclic amines) is 1. The zero-order valence-corrected chi connectivity index (χ0v) is 23.2. The van der Waals surface area contributed by atoms with Crippen molar-refractivity contribution in [2.75, 3.05) is 19.6 Å². The first-order chi connectivity index (χ1) is 18.4. The van der Waals surface area contributed by atoms with Crippen LogP contribution in [0.25, 0.3) is 10.4 Å². The van der Waals surface area contributed by atoms with Crippen LogP contribution in [0.1, 0.15) is 59.0 Å². The molecule has 2 heterocycles. The van der Waals surface area contributed by atoms with E-state index in [0.717, 1.165) is 12.5 Å². The van der Waals surface area contributed by atoms with Crippen molar-refractivity contribution in [1.82, 2.24) is 15.2 Å². The number of carbonyl (C=O) groups is 2. The predicted molar refractivity (Wildman–Crippen MR) is 136 cm³/mol. The number of aliphatic hydroxyl groups is 1. The molecule has 220 valence electrons. The fourth-order valence-electron chi connectivity index (χ4n) is 3.99. The first-order valence-corrected chi connectivity index (χ1v) is 13.2. The van der Waals surface area contributed by atoms with E-state index in [4.69, 9.17) is 23.2 Å². The Labute approximate surface area is 237 Å². The molecule has 0 spiro atoms. The maximum Gasteiger partial charge on any atom is 0.430 e. The molecule has 1 aliphatic rings. The Hall–Kier alpha value is -2.49. The van der Waals surface area contributed by atoms with Crippen LogP contribution in [-0.4, -0.2) is 64.4 Å². The van der Waals surface area contributed by atoms with E-state index in [2.05, 4.69) is 10.3 Å².